The summed E-state index contributed by atoms with van der Waals surface area (Å²) in [5.74, 6) is -0.107. The molecule has 0 bridgehead atoms. The van der Waals surface area contributed by atoms with Crippen molar-refractivity contribution in [2.24, 2.45) is 5.10 Å². The molecule has 2 rings (SSSR count). The topological polar surface area (TPSA) is 54.6 Å². The van der Waals surface area contributed by atoms with Gasteiger partial charge in [-0.15, -0.1) is 0 Å². The van der Waals surface area contributed by atoms with Crippen molar-refractivity contribution in [3.8, 4) is 0 Å². The van der Waals surface area contributed by atoms with Crippen molar-refractivity contribution in [2.75, 3.05) is 0 Å². The molecule has 0 saturated heterocycles. The Hall–Kier alpha value is -2.36. The minimum Gasteiger partial charge on any atom is -0.459 e. The van der Waals surface area contributed by atoms with E-state index in [0.29, 0.717) is 0 Å². The summed E-state index contributed by atoms with van der Waals surface area (Å²) in [5, 5.41) is 4.08. The lowest BCUT2D eigenvalue weighted by Gasteiger charge is -2.05. The van der Waals surface area contributed by atoms with Gasteiger partial charge in [0.05, 0.1) is 12.0 Å². The second kappa shape index (κ2) is 5.52. The Morgan fingerprint density at radius 3 is 2.63 bits per heavy atom. The van der Waals surface area contributed by atoms with E-state index in [1.165, 1.54) is 17.4 Å². The van der Waals surface area contributed by atoms with Crippen LogP contribution in [0.4, 0.5) is 0 Å². The van der Waals surface area contributed by atoms with E-state index in [0.717, 1.165) is 11.3 Å². The number of furan rings is 1. The van der Waals surface area contributed by atoms with E-state index >= 15 is 0 Å². The fraction of sp³-hybridized carbons (Fsp3) is 0.200. The number of hydrazone groups is 1. The number of carbonyl (C=O) groups is 1. The van der Waals surface area contributed by atoms with Gasteiger partial charge >= 0.3 is 5.91 Å². The van der Waals surface area contributed by atoms with E-state index in [1.54, 1.807) is 12.1 Å². The fourth-order valence-electron chi connectivity index (χ4n) is 1.63. The first-order valence-electron chi connectivity index (χ1n) is 6.03. The Bertz CT molecular complexity index is 613. The van der Waals surface area contributed by atoms with E-state index in [2.05, 4.69) is 17.5 Å². The van der Waals surface area contributed by atoms with Crippen LogP contribution in [0, 0.1) is 13.8 Å². The standard InChI is InChI=1S/C15H16N2O2/c1-10-6-7-13(9-11(10)2)12(3)16-17-15(18)14-5-4-8-19-14/h4-9H,1-3H3,(H,17,18). The van der Waals surface area contributed by atoms with Crippen molar-refractivity contribution < 1.29 is 9.21 Å². The summed E-state index contributed by atoms with van der Waals surface area (Å²) in [6, 6.07) is 9.33. The maximum Gasteiger partial charge on any atom is 0.307 e. The molecule has 0 unspecified atom stereocenters. The molecule has 0 fully saturated rings. The SMILES string of the molecule is CC(=NNC(=O)c1ccco1)c1ccc(C)c(C)c1. The Morgan fingerprint density at radius 1 is 1.21 bits per heavy atom. The largest absolute Gasteiger partial charge is 0.459 e. The van der Waals surface area contributed by atoms with Gasteiger partial charge in [0.2, 0.25) is 0 Å². The van der Waals surface area contributed by atoms with Crippen LogP contribution in [-0.4, -0.2) is 11.6 Å². The van der Waals surface area contributed by atoms with E-state index in [1.807, 2.05) is 32.0 Å². The van der Waals surface area contributed by atoms with Crippen molar-refractivity contribution in [3.05, 3.63) is 59.0 Å². The van der Waals surface area contributed by atoms with Crippen LogP contribution in [-0.2, 0) is 0 Å². The molecule has 0 aliphatic heterocycles. The minimum absolute atomic E-state index is 0.247. The number of amides is 1. The maximum absolute atomic E-state index is 11.7. The normalized spacial score (nSPS) is 11.4. The predicted octanol–water partition coefficient (Wildman–Crippen LogP) is 3.05. The highest BCUT2D eigenvalue weighted by Crippen LogP contribution is 2.10. The summed E-state index contributed by atoms with van der Waals surface area (Å²) in [7, 11) is 0. The molecule has 0 saturated carbocycles. The first-order valence-corrected chi connectivity index (χ1v) is 6.03. The van der Waals surface area contributed by atoms with Gasteiger partial charge in [0.25, 0.3) is 0 Å². The monoisotopic (exact) mass is 256 g/mol. The zero-order chi connectivity index (χ0) is 13.8. The van der Waals surface area contributed by atoms with Crippen LogP contribution >= 0.6 is 0 Å². The minimum atomic E-state index is -0.354. The number of nitrogens with one attached hydrogen (secondary N) is 1. The second-order valence-corrected chi connectivity index (χ2v) is 4.41. The summed E-state index contributed by atoms with van der Waals surface area (Å²) in [6.07, 6.45) is 1.45. The third kappa shape index (κ3) is 3.10. The molecule has 1 heterocycles. The molecule has 98 valence electrons. The molecule has 1 N–H and O–H groups in total. The molecule has 2 aromatic rings. The fourth-order valence-corrected chi connectivity index (χ4v) is 1.63. The van der Waals surface area contributed by atoms with Gasteiger partial charge in [-0.2, -0.15) is 5.10 Å². The summed E-state index contributed by atoms with van der Waals surface area (Å²) in [6.45, 7) is 5.96. The average molecular weight is 256 g/mol. The quantitative estimate of drug-likeness (QED) is 0.677. The van der Waals surface area contributed by atoms with Crippen molar-refractivity contribution in [3.63, 3.8) is 0 Å². The maximum atomic E-state index is 11.7. The van der Waals surface area contributed by atoms with Gasteiger partial charge in [0.1, 0.15) is 0 Å². The Kier molecular flexibility index (Phi) is 3.80. The van der Waals surface area contributed by atoms with E-state index in [4.69, 9.17) is 4.42 Å². The molecule has 1 aromatic heterocycles. The number of hydrogen-bond donors (Lipinski definition) is 1. The van der Waals surface area contributed by atoms with E-state index in [9.17, 15) is 4.79 Å². The lowest BCUT2D eigenvalue weighted by atomic mass is 10.0. The van der Waals surface area contributed by atoms with Gasteiger partial charge in [-0.1, -0.05) is 12.1 Å². The molecule has 0 aliphatic carbocycles. The number of aryl methyl sites for hydroxylation is 2. The molecule has 0 spiro atoms. The molecule has 0 radical (unpaired) electrons. The van der Waals surface area contributed by atoms with Crippen molar-refractivity contribution in [2.45, 2.75) is 20.8 Å². The molecule has 0 atom stereocenters. The molecule has 4 heteroatoms. The number of carbonyl (C=O) groups excluding carboxylic acids is 1. The van der Waals surface area contributed by atoms with E-state index in [-0.39, 0.29) is 11.7 Å². The number of hydrogen-bond acceptors (Lipinski definition) is 3. The summed E-state index contributed by atoms with van der Waals surface area (Å²) in [5.41, 5.74) is 6.65. The van der Waals surface area contributed by atoms with Gasteiger partial charge in [-0.05, 0) is 55.7 Å². The molecular weight excluding hydrogens is 240 g/mol. The van der Waals surface area contributed by atoms with Gasteiger partial charge < -0.3 is 4.42 Å². The van der Waals surface area contributed by atoms with E-state index < -0.39 is 0 Å². The summed E-state index contributed by atoms with van der Waals surface area (Å²) < 4.78 is 4.99. The Morgan fingerprint density at radius 2 is 2.00 bits per heavy atom. The number of nitrogens with zero attached hydrogens (tertiary/aromatic N) is 1. The van der Waals surface area contributed by atoms with Crippen LogP contribution in [0.1, 0.15) is 34.2 Å². The number of benzene rings is 1. The van der Waals surface area contributed by atoms with Crippen LogP contribution in [0.15, 0.2) is 46.1 Å². The zero-order valence-electron chi connectivity index (χ0n) is 11.2. The van der Waals surface area contributed by atoms with Crippen LogP contribution in [0.25, 0.3) is 0 Å². The Balaban J connectivity index is 2.10. The van der Waals surface area contributed by atoms with Crippen LogP contribution in [0.2, 0.25) is 0 Å². The highest BCUT2D eigenvalue weighted by molar-refractivity contribution is 6.00. The molecule has 4 nitrogen and oxygen atoms in total. The number of rotatable bonds is 3. The third-order valence-electron chi connectivity index (χ3n) is 2.99. The van der Waals surface area contributed by atoms with Crippen LogP contribution < -0.4 is 5.43 Å². The Labute approximate surface area is 112 Å². The van der Waals surface area contributed by atoms with Gasteiger partial charge in [0.15, 0.2) is 5.76 Å². The van der Waals surface area contributed by atoms with Gasteiger partial charge in [-0.3, -0.25) is 4.79 Å². The van der Waals surface area contributed by atoms with Crippen molar-refractivity contribution in [1.82, 2.24) is 5.43 Å². The summed E-state index contributed by atoms with van der Waals surface area (Å²) in [4.78, 5) is 11.7. The van der Waals surface area contributed by atoms with Crippen LogP contribution in [0.3, 0.4) is 0 Å². The van der Waals surface area contributed by atoms with Crippen molar-refractivity contribution >= 4 is 11.6 Å². The molecule has 19 heavy (non-hydrogen) atoms. The smallest absolute Gasteiger partial charge is 0.307 e. The second-order valence-electron chi connectivity index (χ2n) is 4.41. The lowest BCUT2D eigenvalue weighted by molar-refractivity contribution is 0.0927. The average Bonchev–Trinajstić information content (AvgIpc) is 2.92. The summed E-state index contributed by atoms with van der Waals surface area (Å²) >= 11 is 0. The van der Waals surface area contributed by atoms with Gasteiger partial charge in [-0.25, -0.2) is 5.43 Å². The van der Waals surface area contributed by atoms with Crippen LogP contribution in [0.5, 0.6) is 0 Å². The highest BCUT2D eigenvalue weighted by Gasteiger charge is 2.07. The third-order valence-corrected chi connectivity index (χ3v) is 2.99. The predicted molar refractivity (Wildman–Crippen MR) is 74.3 cm³/mol. The molecule has 1 amide bonds. The first kappa shape index (κ1) is 13.1. The van der Waals surface area contributed by atoms with Crippen molar-refractivity contribution in [1.29, 1.82) is 0 Å². The first-order chi connectivity index (χ1) is 9.08. The lowest BCUT2D eigenvalue weighted by Crippen LogP contribution is -2.18. The molecular formula is C15H16N2O2. The molecule has 1 aromatic carbocycles. The molecule has 0 aliphatic rings. The van der Waals surface area contributed by atoms with Gasteiger partial charge in [0, 0.05) is 0 Å². The zero-order valence-corrected chi connectivity index (χ0v) is 11.2. The highest BCUT2D eigenvalue weighted by atomic mass is 16.3.